The zero-order chi connectivity index (χ0) is 37.6. The summed E-state index contributed by atoms with van der Waals surface area (Å²) in [5.41, 5.74) is 11.3. The van der Waals surface area contributed by atoms with Gasteiger partial charge in [0.25, 0.3) is 0 Å². The molecule has 0 spiro atoms. The van der Waals surface area contributed by atoms with Crippen molar-refractivity contribution < 1.29 is 0 Å². The van der Waals surface area contributed by atoms with Crippen LogP contribution in [0.5, 0.6) is 0 Å². The number of fused-ring (bicyclic) bond motifs is 3. The summed E-state index contributed by atoms with van der Waals surface area (Å²) in [7, 11) is 0. The highest BCUT2D eigenvalue weighted by Gasteiger charge is 2.18. The third-order valence-electron chi connectivity index (χ3n) is 9.94. The largest absolute Gasteiger partial charge is 0.289 e. The summed E-state index contributed by atoms with van der Waals surface area (Å²) in [5.74, 6) is 1.90. The number of rotatable bonds is 8. The normalized spacial score (nSPS) is 11.8. The molecule has 0 amide bonds. The fraction of sp³-hybridized carbons (Fsp3) is 0.0208. The predicted molar refractivity (Wildman–Crippen MR) is 234 cm³/mol. The van der Waals surface area contributed by atoms with Gasteiger partial charge in [0.2, 0.25) is 0 Å². The van der Waals surface area contributed by atoms with Crippen molar-refractivity contribution in [3.8, 4) is 49.9 Å². The Morgan fingerprint density at radius 1 is 0.554 bits per heavy atom. The maximum atomic E-state index is 5.08. The van der Waals surface area contributed by atoms with Crippen molar-refractivity contribution >= 4 is 65.7 Å². The molecule has 6 aromatic carbocycles. The fourth-order valence-corrected chi connectivity index (χ4v) is 9.18. The zero-order valence-corrected chi connectivity index (χ0v) is 31.9. The number of para-hydroxylation sites is 2. The van der Waals surface area contributed by atoms with Gasteiger partial charge in [0.15, 0.2) is 22.6 Å². The Morgan fingerprint density at radius 2 is 1.20 bits per heavy atom. The minimum atomic E-state index is 0.622. The average Bonchev–Trinajstić information content (AvgIpc) is 3.96. The van der Waals surface area contributed by atoms with E-state index in [1.807, 2.05) is 78.9 Å². The molecule has 0 N–H and O–H groups in total. The summed E-state index contributed by atoms with van der Waals surface area (Å²) in [6, 6.07) is 51.7. The fourth-order valence-electron chi connectivity index (χ4n) is 7.15. The van der Waals surface area contributed by atoms with Gasteiger partial charge in [0.05, 0.1) is 25.9 Å². The molecule has 4 aromatic heterocycles. The van der Waals surface area contributed by atoms with Crippen molar-refractivity contribution in [3.63, 3.8) is 0 Å². The summed E-state index contributed by atoms with van der Waals surface area (Å²) in [5, 5.41) is 3.08. The van der Waals surface area contributed by atoms with E-state index in [2.05, 4.69) is 103 Å². The molecule has 0 bridgehead atoms. The molecule has 0 saturated heterocycles. The number of nitrogens with zero attached hydrogens (tertiary/aromatic N) is 6. The van der Waals surface area contributed by atoms with Crippen LogP contribution in [-0.2, 0) is 0 Å². The van der Waals surface area contributed by atoms with E-state index in [0.29, 0.717) is 17.5 Å². The number of aromatic nitrogens is 6. The topological polar surface area (TPSA) is 69.4 Å². The van der Waals surface area contributed by atoms with Crippen LogP contribution in [0, 0.1) is 6.92 Å². The summed E-state index contributed by atoms with van der Waals surface area (Å²) in [4.78, 5) is 24.8. The number of hydrogen-bond donors (Lipinski definition) is 0. The lowest BCUT2D eigenvalue weighted by molar-refractivity contribution is 1.03. The molecule has 0 saturated carbocycles. The molecular weight excluding hydrogens is 725 g/mol. The maximum Gasteiger partial charge on any atom is 0.195 e. The Kier molecular flexibility index (Phi) is 8.47. The van der Waals surface area contributed by atoms with Crippen LogP contribution in [0.4, 0.5) is 0 Å². The summed E-state index contributed by atoms with van der Waals surface area (Å²) < 4.78 is 4.51. The van der Waals surface area contributed by atoms with Crippen LogP contribution in [0.2, 0.25) is 0 Å². The highest BCUT2D eigenvalue weighted by atomic mass is 32.1. The molecular formula is C48H32N6S2. The van der Waals surface area contributed by atoms with E-state index < -0.39 is 0 Å². The molecule has 0 radical (unpaired) electrons. The summed E-state index contributed by atoms with van der Waals surface area (Å²) in [6.45, 7) is 6.42. The molecule has 0 aliphatic rings. The molecule has 0 aliphatic heterocycles. The first-order valence-corrected chi connectivity index (χ1v) is 19.9. The lowest BCUT2D eigenvalue weighted by Gasteiger charge is -2.08. The molecule has 6 nitrogen and oxygen atoms in total. The SMILES string of the molecule is C=C/C(=C\c1c(C)n(-c2nc3ccccc3s2)c2ccccc12)c1cccc(-c2nc3ccc(-c4nc(-c5ccccc5)nc(-c5ccccc5)n4)cc3s2)c1. The van der Waals surface area contributed by atoms with Gasteiger partial charge in [0, 0.05) is 38.9 Å². The Morgan fingerprint density at radius 3 is 1.93 bits per heavy atom. The average molecular weight is 757 g/mol. The van der Waals surface area contributed by atoms with E-state index in [4.69, 9.17) is 24.9 Å². The second-order valence-electron chi connectivity index (χ2n) is 13.4. The van der Waals surface area contributed by atoms with E-state index in [1.54, 1.807) is 22.7 Å². The van der Waals surface area contributed by atoms with Crippen LogP contribution in [0.3, 0.4) is 0 Å². The van der Waals surface area contributed by atoms with Gasteiger partial charge in [-0.3, -0.25) is 4.57 Å². The van der Waals surface area contributed by atoms with Crippen LogP contribution in [0.25, 0.3) is 92.9 Å². The van der Waals surface area contributed by atoms with Gasteiger partial charge in [-0.05, 0) is 66.6 Å². The van der Waals surface area contributed by atoms with Crippen molar-refractivity contribution in [2.75, 3.05) is 0 Å². The van der Waals surface area contributed by atoms with E-state index in [9.17, 15) is 0 Å². The minimum Gasteiger partial charge on any atom is -0.289 e. The Hall–Kier alpha value is -6.87. The monoisotopic (exact) mass is 756 g/mol. The van der Waals surface area contributed by atoms with Gasteiger partial charge >= 0.3 is 0 Å². The minimum absolute atomic E-state index is 0.622. The van der Waals surface area contributed by atoms with Gasteiger partial charge in [-0.2, -0.15) is 0 Å². The van der Waals surface area contributed by atoms with Crippen LogP contribution in [0.15, 0.2) is 164 Å². The first kappa shape index (κ1) is 33.7. The molecule has 266 valence electrons. The lowest BCUT2D eigenvalue weighted by Crippen LogP contribution is -1.99. The van der Waals surface area contributed by atoms with E-state index in [1.165, 1.54) is 10.1 Å². The van der Waals surface area contributed by atoms with Crippen LogP contribution >= 0.6 is 22.7 Å². The standard InChI is InChI=1S/C48H32N6S2/c1-3-31(28-38-30(2)54(41-23-12-10-21-37(38)41)48-50-39-22-11-13-24-42(39)56-48)34-19-14-20-36(27-34)47-49-40-26-25-35(29-43(40)55-47)46-52-44(32-15-6-4-7-16-32)51-45(53-46)33-17-8-5-9-18-33/h3-29H,1H2,2H3/b31-28+. The van der Waals surface area contributed by atoms with E-state index >= 15 is 0 Å². The molecule has 0 fully saturated rings. The van der Waals surface area contributed by atoms with Crippen molar-refractivity contribution in [2.24, 2.45) is 0 Å². The molecule has 0 unspecified atom stereocenters. The van der Waals surface area contributed by atoms with Crippen LogP contribution < -0.4 is 0 Å². The van der Waals surface area contributed by atoms with Gasteiger partial charge in [-0.1, -0.05) is 133 Å². The lowest BCUT2D eigenvalue weighted by atomic mass is 9.99. The molecule has 0 atom stereocenters. The first-order chi connectivity index (χ1) is 27.6. The van der Waals surface area contributed by atoms with Crippen molar-refractivity contribution in [3.05, 3.63) is 181 Å². The number of thiazole rings is 2. The van der Waals surface area contributed by atoms with Crippen molar-refractivity contribution in [1.29, 1.82) is 0 Å². The summed E-state index contributed by atoms with van der Waals surface area (Å²) in [6.07, 6.45) is 4.19. The second kappa shape index (κ2) is 14.1. The Labute approximate surface area is 331 Å². The maximum absolute atomic E-state index is 5.08. The van der Waals surface area contributed by atoms with Crippen molar-refractivity contribution in [1.82, 2.24) is 29.5 Å². The van der Waals surface area contributed by atoms with Crippen LogP contribution in [0.1, 0.15) is 16.8 Å². The molecule has 56 heavy (non-hydrogen) atoms. The van der Waals surface area contributed by atoms with E-state index in [-0.39, 0.29) is 0 Å². The summed E-state index contributed by atoms with van der Waals surface area (Å²) >= 11 is 3.37. The van der Waals surface area contributed by atoms with Gasteiger partial charge in [-0.25, -0.2) is 24.9 Å². The third kappa shape index (κ3) is 6.11. The van der Waals surface area contributed by atoms with E-state index in [0.717, 1.165) is 76.0 Å². The second-order valence-corrected chi connectivity index (χ2v) is 15.5. The quantitative estimate of drug-likeness (QED) is 0.144. The Bertz CT molecular complexity index is 3030. The first-order valence-electron chi connectivity index (χ1n) is 18.3. The number of benzene rings is 6. The van der Waals surface area contributed by atoms with Crippen LogP contribution in [-0.4, -0.2) is 29.5 Å². The zero-order valence-electron chi connectivity index (χ0n) is 30.3. The molecule has 0 aliphatic carbocycles. The Balaban J connectivity index is 1.02. The highest BCUT2D eigenvalue weighted by Crippen LogP contribution is 2.37. The molecule has 10 aromatic rings. The molecule has 4 heterocycles. The number of allylic oxidation sites excluding steroid dienone is 2. The van der Waals surface area contributed by atoms with Crippen molar-refractivity contribution in [2.45, 2.75) is 6.92 Å². The van der Waals surface area contributed by atoms with Gasteiger partial charge < -0.3 is 0 Å². The smallest absolute Gasteiger partial charge is 0.195 e. The van der Waals surface area contributed by atoms with Gasteiger partial charge in [-0.15, -0.1) is 11.3 Å². The number of hydrogen-bond acceptors (Lipinski definition) is 7. The molecule has 10 rings (SSSR count). The third-order valence-corrected chi connectivity index (χ3v) is 12.0. The predicted octanol–water partition coefficient (Wildman–Crippen LogP) is 12.7. The molecule has 8 heteroatoms. The highest BCUT2D eigenvalue weighted by molar-refractivity contribution is 7.21. The van der Waals surface area contributed by atoms with Gasteiger partial charge in [0.1, 0.15) is 5.01 Å².